The summed E-state index contributed by atoms with van der Waals surface area (Å²) in [4.78, 5) is 29.6. The van der Waals surface area contributed by atoms with Gasteiger partial charge in [0.25, 0.3) is 5.56 Å². The molecule has 0 aliphatic carbocycles. The fourth-order valence-corrected chi connectivity index (χ4v) is 4.32. The number of ether oxygens (including phenoxy) is 1. The van der Waals surface area contributed by atoms with E-state index in [-0.39, 0.29) is 23.8 Å². The van der Waals surface area contributed by atoms with Gasteiger partial charge in [0.15, 0.2) is 5.16 Å². The fraction of sp³-hybridized carbons (Fsp3) is 0.208. The molecule has 1 aromatic heterocycles. The third-order valence-electron chi connectivity index (χ3n) is 5.16. The average Bonchev–Trinajstić information content (AvgIpc) is 2.79. The van der Waals surface area contributed by atoms with Gasteiger partial charge in [-0.05, 0) is 23.3 Å². The smallest absolute Gasteiger partial charge is 0.279 e. The van der Waals surface area contributed by atoms with Crippen LogP contribution in [-0.2, 0) is 18.4 Å². The number of rotatable bonds is 7. The van der Waals surface area contributed by atoms with Crippen LogP contribution in [0, 0.1) is 0 Å². The molecular weight excluding hydrogens is 410 g/mol. The molecule has 158 valence electrons. The lowest BCUT2D eigenvalue weighted by atomic mass is 9.87. The van der Waals surface area contributed by atoms with Crippen LogP contribution in [0.25, 0.3) is 0 Å². The van der Waals surface area contributed by atoms with Crippen LogP contribution in [-0.4, -0.2) is 21.2 Å². The molecule has 2 heterocycles. The lowest BCUT2D eigenvalue weighted by Gasteiger charge is -2.27. The minimum absolute atomic E-state index is 0.122. The lowest BCUT2D eigenvalue weighted by molar-refractivity contribution is -0.116. The molecule has 1 unspecified atom stereocenters. The van der Waals surface area contributed by atoms with E-state index in [0.717, 1.165) is 16.9 Å². The van der Waals surface area contributed by atoms with Gasteiger partial charge in [0, 0.05) is 25.1 Å². The highest BCUT2D eigenvalue weighted by Crippen LogP contribution is 2.36. The van der Waals surface area contributed by atoms with E-state index in [9.17, 15) is 9.59 Å². The van der Waals surface area contributed by atoms with Crippen LogP contribution in [0.3, 0.4) is 0 Å². The van der Waals surface area contributed by atoms with E-state index in [1.54, 1.807) is 17.7 Å². The number of hydrogen-bond acceptors (Lipinski definition) is 5. The summed E-state index contributed by atoms with van der Waals surface area (Å²) in [7, 11) is 1.81. The predicted molar refractivity (Wildman–Crippen MR) is 123 cm³/mol. The van der Waals surface area contributed by atoms with Crippen molar-refractivity contribution < 1.29 is 9.53 Å². The molecule has 0 radical (unpaired) electrons. The van der Waals surface area contributed by atoms with Crippen molar-refractivity contribution in [3.05, 3.63) is 94.3 Å². The summed E-state index contributed by atoms with van der Waals surface area (Å²) in [5.74, 6) is 1.40. The molecule has 6 nitrogen and oxygen atoms in total. The topological polar surface area (TPSA) is 73.2 Å². The maximum Gasteiger partial charge on any atom is 0.279 e. The van der Waals surface area contributed by atoms with Gasteiger partial charge in [0.05, 0.1) is 5.56 Å². The van der Waals surface area contributed by atoms with Gasteiger partial charge in [-0.3, -0.25) is 9.59 Å². The minimum atomic E-state index is -0.350. The van der Waals surface area contributed by atoms with Gasteiger partial charge in [-0.15, -0.1) is 6.58 Å². The Morgan fingerprint density at radius 2 is 1.94 bits per heavy atom. The Bertz CT molecular complexity index is 1160. The maximum absolute atomic E-state index is 12.9. The number of anilines is 1. The summed E-state index contributed by atoms with van der Waals surface area (Å²) in [6, 6.07) is 17.5. The number of nitrogens with zero attached hydrogens (tertiary/aromatic N) is 2. The van der Waals surface area contributed by atoms with Gasteiger partial charge in [-0.1, -0.05) is 60.3 Å². The zero-order valence-corrected chi connectivity index (χ0v) is 18.0. The largest absolute Gasteiger partial charge is 0.489 e. The summed E-state index contributed by atoms with van der Waals surface area (Å²) >= 11 is 1.40. The number of nitrogens with one attached hydrogen (secondary N) is 1. The van der Waals surface area contributed by atoms with Crippen molar-refractivity contribution in [2.75, 3.05) is 11.1 Å². The Morgan fingerprint density at radius 3 is 2.65 bits per heavy atom. The van der Waals surface area contributed by atoms with Crippen molar-refractivity contribution in [3.63, 3.8) is 0 Å². The highest BCUT2D eigenvalue weighted by molar-refractivity contribution is 7.99. The number of thioether (sulfide) groups is 1. The fourth-order valence-electron chi connectivity index (χ4n) is 3.62. The van der Waals surface area contributed by atoms with Crippen molar-refractivity contribution in [1.82, 2.24) is 9.55 Å². The van der Waals surface area contributed by atoms with Crippen molar-refractivity contribution >= 4 is 23.5 Å². The standard InChI is InChI=1S/C24H23N3O3S/c1-3-13-31-24-26-23(29)21-19(14-20(28)25-22(21)27(24)2)17-9-11-18(12-10-17)30-15-16-7-5-4-6-8-16/h3-12,19H,1,13-15H2,2H3,(H,25,28). The molecule has 0 bridgehead atoms. The molecule has 1 aliphatic rings. The van der Waals surface area contributed by atoms with E-state index in [0.29, 0.717) is 28.9 Å². The first-order valence-corrected chi connectivity index (χ1v) is 11.0. The van der Waals surface area contributed by atoms with Crippen molar-refractivity contribution in [1.29, 1.82) is 0 Å². The van der Waals surface area contributed by atoms with Crippen LogP contribution in [0.5, 0.6) is 5.75 Å². The first kappa shape index (κ1) is 20.9. The first-order valence-electron chi connectivity index (χ1n) is 9.98. The summed E-state index contributed by atoms with van der Waals surface area (Å²) in [6.07, 6.45) is 1.95. The molecule has 0 saturated heterocycles. The molecular formula is C24H23N3O3S. The number of amides is 1. The van der Waals surface area contributed by atoms with Gasteiger partial charge >= 0.3 is 0 Å². The predicted octanol–water partition coefficient (Wildman–Crippen LogP) is 4.11. The van der Waals surface area contributed by atoms with Crippen LogP contribution in [0.2, 0.25) is 0 Å². The molecule has 4 rings (SSSR count). The van der Waals surface area contributed by atoms with E-state index >= 15 is 0 Å². The van der Waals surface area contributed by atoms with Crippen LogP contribution in [0.4, 0.5) is 5.82 Å². The Morgan fingerprint density at radius 1 is 1.19 bits per heavy atom. The van der Waals surface area contributed by atoms with E-state index in [1.807, 2.05) is 54.6 Å². The summed E-state index contributed by atoms with van der Waals surface area (Å²) < 4.78 is 7.62. The second kappa shape index (κ2) is 9.22. The monoisotopic (exact) mass is 433 g/mol. The maximum atomic E-state index is 12.9. The number of fused-ring (bicyclic) bond motifs is 1. The van der Waals surface area contributed by atoms with E-state index < -0.39 is 0 Å². The summed E-state index contributed by atoms with van der Waals surface area (Å²) in [5.41, 5.74) is 2.18. The second-order valence-corrected chi connectivity index (χ2v) is 8.26. The van der Waals surface area contributed by atoms with Gasteiger partial charge in [-0.25, -0.2) is 0 Å². The lowest BCUT2D eigenvalue weighted by Crippen LogP contribution is -2.33. The second-order valence-electron chi connectivity index (χ2n) is 7.27. The molecule has 0 saturated carbocycles. The van der Waals surface area contributed by atoms with Gasteiger partial charge in [-0.2, -0.15) is 4.98 Å². The molecule has 31 heavy (non-hydrogen) atoms. The summed E-state index contributed by atoms with van der Waals surface area (Å²) in [5, 5.41) is 3.41. The molecule has 1 aliphatic heterocycles. The quantitative estimate of drug-likeness (QED) is 0.345. The normalized spacial score (nSPS) is 15.1. The number of carbonyl (C=O) groups excluding carboxylic acids is 1. The molecule has 1 amide bonds. The minimum Gasteiger partial charge on any atom is -0.489 e. The molecule has 3 aromatic rings. The number of benzene rings is 2. The molecule has 7 heteroatoms. The zero-order valence-electron chi connectivity index (χ0n) is 17.2. The molecule has 1 atom stereocenters. The van der Waals surface area contributed by atoms with Gasteiger partial charge in [0.1, 0.15) is 18.2 Å². The average molecular weight is 434 g/mol. The highest BCUT2D eigenvalue weighted by Gasteiger charge is 2.32. The van der Waals surface area contributed by atoms with Crippen LogP contribution >= 0.6 is 11.8 Å². The third kappa shape index (κ3) is 4.56. The summed E-state index contributed by atoms with van der Waals surface area (Å²) in [6.45, 7) is 4.18. The van der Waals surface area contributed by atoms with Crippen LogP contribution in [0.15, 0.2) is 77.2 Å². The Balaban J connectivity index is 1.60. The van der Waals surface area contributed by atoms with Crippen molar-refractivity contribution in [3.8, 4) is 5.75 Å². The Kier molecular flexibility index (Phi) is 6.23. The highest BCUT2D eigenvalue weighted by atomic mass is 32.2. The van der Waals surface area contributed by atoms with E-state index in [1.165, 1.54) is 11.8 Å². The SMILES string of the molecule is C=CCSc1nc(=O)c2c(n1C)NC(=O)CC2c1ccc(OCc2ccccc2)cc1. The van der Waals surface area contributed by atoms with Gasteiger partial charge < -0.3 is 14.6 Å². The molecule has 0 fully saturated rings. The number of aromatic nitrogens is 2. The molecule has 0 spiro atoms. The van der Waals surface area contributed by atoms with E-state index in [2.05, 4.69) is 16.9 Å². The zero-order chi connectivity index (χ0) is 21.8. The van der Waals surface area contributed by atoms with Crippen molar-refractivity contribution in [2.24, 2.45) is 7.05 Å². The first-order chi connectivity index (χ1) is 15.1. The number of hydrogen-bond donors (Lipinski definition) is 1. The van der Waals surface area contributed by atoms with E-state index in [4.69, 9.17) is 4.74 Å². The molecule has 2 aromatic carbocycles. The Hall–Kier alpha value is -3.32. The third-order valence-corrected chi connectivity index (χ3v) is 6.19. The number of carbonyl (C=O) groups is 1. The van der Waals surface area contributed by atoms with Crippen LogP contribution in [0.1, 0.15) is 29.0 Å². The Labute approximate surface area is 185 Å². The van der Waals surface area contributed by atoms with Gasteiger partial charge in [0.2, 0.25) is 5.91 Å². The van der Waals surface area contributed by atoms with Crippen LogP contribution < -0.4 is 15.6 Å². The van der Waals surface area contributed by atoms with Crippen molar-refractivity contribution in [2.45, 2.75) is 24.1 Å². The molecule has 1 N–H and O–H groups in total.